The molecule has 0 saturated heterocycles. The number of nitrogens with two attached hydrogens (primary N) is 1. The zero-order valence-corrected chi connectivity index (χ0v) is 12.7. The molecule has 0 bridgehead atoms. The van der Waals surface area contributed by atoms with Crippen LogP contribution in [0.25, 0.3) is 0 Å². The van der Waals surface area contributed by atoms with Crippen molar-refractivity contribution in [3.05, 3.63) is 64.1 Å². The largest absolute Gasteiger partial charge is 0.484 e. The van der Waals surface area contributed by atoms with Gasteiger partial charge < -0.3 is 10.5 Å². The molecule has 2 aromatic carbocycles. The number of hydrogen-bond donors (Lipinski definition) is 1. The first kappa shape index (κ1) is 14.6. The lowest BCUT2D eigenvalue weighted by atomic mass is 10.0. The van der Waals surface area contributed by atoms with E-state index < -0.39 is 0 Å². The number of hydrogen-bond acceptors (Lipinski definition) is 3. The van der Waals surface area contributed by atoms with Gasteiger partial charge in [-0.2, -0.15) is 5.26 Å². The van der Waals surface area contributed by atoms with Crippen molar-refractivity contribution >= 4 is 15.9 Å². The van der Waals surface area contributed by atoms with Crippen molar-refractivity contribution in [2.75, 3.05) is 0 Å². The lowest BCUT2D eigenvalue weighted by molar-refractivity contribution is 0.180. The minimum Gasteiger partial charge on any atom is -0.484 e. The monoisotopic (exact) mass is 330 g/mol. The van der Waals surface area contributed by atoms with Gasteiger partial charge in [-0.15, -0.1) is 0 Å². The van der Waals surface area contributed by atoms with Crippen LogP contribution in [0.3, 0.4) is 0 Å². The highest BCUT2D eigenvalue weighted by molar-refractivity contribution is 9.10. The van der Waals surface area contributed by atoms with Crippen LogP contribution >= 0.6 is 15.9 Å². The predicted octanol–water partition coefficient (Wildman–Crippen LogP) is 3.79. The van der Waals surface area contributed by atoms with Crippen molar-refractivity contribution < 1.29 is 4.74 Å². The van der Waals surface area contributed by atoms with E-state index in [1.807, 2.05) is 31.2 Å². The first-order chi connectivity index (χ1) is 9.60. The van der Waals surface area contributed by atoms with Crippen LogP contribution in [0.1, 0.15) is 24.2 Å². The molecule has 3 nitrogen and oxygen atoms in total. The molecule has 0 fully saturated rings. The van der Waals surface area contributed by atoms with Crippen LogP contribution in [0.2, 0.25) is 0 Å². The van der Waals surface area contributed by atoms with Gasteiger partial charge in [0.2, 0.25) is 0 Å². The second-order valence-corrected chi connectivity index (χ2v) is 5.50. The summed E-state index contributed by atoms with van der Waals surface area (Å²) in [6.45, 7) is 1.91. The molecule has 0 saturated carbocycles. The lowest BCUT2D eigenvalue weighted by Gasteiger charge is -2.23. The molecule has 0 heterocycles. The Morgan fingerprint density at radius 1 is 1.10 bits per heavy atom. The Kier molecular flexibility index (Phi) is 4.78. The van der Waals surface area contributed by atoms with Crippen LogP contribution in [0.5, 0.6) is 5.75 Å². The van der Waals surface area contributed by atoms with Crippen LogP contribution in [-0.4, -0.2) is 6.04 Å². The summed E-state index contributed by atoms with van der Waals surface area (Å²) in [6, 6.07) is 16.9. The zero-order valence-electron chi connectivity index (χ0n) is 11.1. The summed E-state index contributed by atoms with van der Waals surface area (Å²) >= 11 is 3.41. The van der Waals surface area contributed by atoms with Gasteiger partial charge in [-0.3, -0.25) is 0 Å². The smallest absolute Gasteiger partial charge is 0.138 e. The Labute approximate surface area is 127 Å². The highest BCUT2D eigenvalue weighted by atomic mass is 79.9. The van der Waals surface area contributed by atoms with Gasteiger partial charge in [0.1, 0.15) is 11.9 Å². The maximum atomic E-state index is 8.79. The standard InChI is InChI=1S/C16H15BrN2O/c1-11(19)16(13-4-6-14(17)7-5-13)20-15-8-2-12(10-18)3-9-15/h2-9,11,16H,19H2,1H3. The third-order valence-corrected chi connectivity index (χ3v) is 3.45. The molecule has 2 rings (SSSR count). The summed E-state index contributed by atoms with van der Waals surface area (Å²) in [5, 5.41) is 8.79. The van der Waals surface area contributed by atoms with E-state index in [1.54, 1.807) is 24.3 Å². The number of halogens is 1. The van der Waals surface area contributed by atoms with Crippen molar-refractivity contribution in [1.29, 1.82) is 5.26 Å². The highest BCUT2D eigenvalue weighted by Crippen LogP contribution is 2.25. The first-order valence-corrected chi connectivity index (χ1v) is 7.07. The van der Waals surface area contributed by atoms with Gasteiger partial charge in [-0.1, -0.05) is 28.1 Å². The SMILES string of the molecule is CC(N)C(Oc1ccc(C#N)cc1)c1ccc(Br)cc1. The van der Waals surface area contributed by atoms with Gasteiger partial charge in [-0.05, 0) is 48.9 Å². The average Bonchev–Trinajstić information content (AvgIpc) is 2.46. The Bertz CT molecular complexity index is 600. The van der Waals surface area contributed by atoms with Gasteiger partial charge in [0, 0.05) is 10.5 Å². The summed E-state index contributed by atoms with van der Waals surface area (Å²) in [6.07, 6.45) is -0.226. The molecule has 0 aliphatic rings. The van der Waals surface area contributed by atoms with E-state index in [1.165, 1.54) is 0 Å². The normalized spacial score (nSPS) is 13.3. The topological polar surface area (TPSA) is 59.0 Å². The third-order valence-electron chi connectivity index (χ3n) is 2.92. The van der Waals surface area contributed by atoms with Gasteiger partial charge in [-0.25, -0.2) is 0 Å². The second-order valence-electron chi connectivity index (χ2n) is 4.59. The van der Waals surface area contributed by atoms with Crippen LogP contribution in [0.4, 0.5) is 0 Å². The number of nitriles is 1. The molecule has 2 atom stereocenters. The molecule has 102 valence electrons. The third kappa shape index (κ3) is 3.60. The predicted molar refractivity (Wildman–Crippen MR) is 82.3 cm³/mol. The fourth-order valence-corrected chi connectivity index (χ4v) is 2.15. The average molecular weight is 331 g/mol. The second kappa shape index (κ2) is 6.56. The Morgan fingerprint density at radius 3 is 2.20 bits per heavy atom. The Balaban J connectivity index is 2.21. The molecule has 4 heteroatoms. The maximum absolute atomic E-state index is 8.79. The molecule has 20 heavy (non-hydrogen) atoms. The van der Waals surface area contributed by atoms with E-state index in [0.717, 1.165) is 10.0 Å². The molecule has 0 radical (unpaired) electrons. The fourth-order valence-electron chi connectivity index (χ4n) is 1.89. The highest BCUT2D eigenvalue weighted by Gasteiger charge is 2.18. The maximum Gasteiger partial charge on any atom is 0.138 e. The summed E-state index contributed by atoms with van der Waals surface area (Å²) < 4.78 is 6.97. The fraction of sp³-hybridized carbons (Fsp3) is 0.188. The lowest BCUT2D eigenvalue weighted by Crippen LogP contribution is -2.29. The number of benzene rings is 2. The van der Waals surface area contributed by atoms with Gasteiger partial charge in [0.05, 0.1) is 11.6 Å². The number of rotatable bonds is 4. The summed E-state index contributed by atoms with van der Waals surface area (Å²) in [5.41, 5.74) is 7.65. The first-order valence-electron chi connectivity index (χ1n) is 6.28. The van der Waals surface area contributed by atoms with Gasteiger partial charge in [0.15, 0.2) is 0 Å². The minimum absolute atomic E-state index is 0.146. The van der Waals surface area contributed by atoms with E-state index >= 15 is 0 Å². The van der Waals surface area contributed by atoms with Crippen molar-refractivity contribution in [3.8, 4) is 11.8 Å². The van der Waals surface area contributed by atoms with E-state index in [9.17, 15) is 0 Å². The minimum atomic E-state index is -0.226. The van der Waals surface area contributed by atoms with E-state index in [0.29, 0.717) is 11.3 Å². The molecular weight excluding hydrogens is 316 g/mol. The van der Waals surface area contributed by atoms with Crippen LogP contribution in [0.15, 0.2) is 53.0 Å². The van der Waals surface area contributed by atoms with Crippen molar-refractivity contribution in [2.24, 2.45) is 5.73 Å². The van der Waals surface area contributed by atoms with Crippen LogP contribution < -0.4 is 10.5 Å². The molecule has 0 spiro atoms. The van der Waals surface area contributed by atoms with Crippen molar-refractivity contribution in [2.45, 2.75) is 19.1 Å². The summed E-state index contributed by atoms with van der Waals surface area (Å²) in [5.74, 6) is 0.703. The van der Waals surface area contributed by atoms with Crippen molar-refractivity contribution in [1.82, 2.24) is 0 Å². The molecule has 0 aliphatic heterocycles. The van der Waals surface area contributed by atoms with Gasteiger partial charge >= 0.3 is 0 Å². The summed E-state index contributed by atoms with van der Waals surface area (Å²) in [7, 11) is 0. The Hall–Kier alpha value is -1.83. The molecule has 0 aromatic heterocycles. The van der Waals surface area contributed by atoms with E-state index in [2.05, 4.69) is 22.0 Å². The van der Waals surface area contributed by atoms with E-state index in [-0.39, 0.29) is 12.1 Å². The Morgan fingerprint density at radius 2 is 1.70 bits per heavy atom. The van der Waals surface area contributed by atoms with E-state index in [4.69, 9.17) is 15.7 Å². The molecule has 0 amide bonds. The molecular formula is C16H15BrN2O. The molecule has 2 N–H and O–H groups in total. The number of ether oxygens (including phenoxy) is 1. The van der Waals surface area contributed by atoms with Crippen LogP contribution in [-0.2, 0) is 0 Å². The molecule has 2 aromatic rings. The van der Waals surface area contributed by atoms with Crippen molar-refractivity contribution in [3.63, 3.8) is 0 Å². The molecule has 0 aliphatic carbocycles. The van der Waals surface area contributed by atoms with Crippen LogP contribution in [0, 0.1) is 11.3 Å². The zero-order chi connectivity index (χ0) is 14.5. The quantitative estimate of drug-likeness (QED) is 0.927. The van der Waals surface area contributed by atoms with Gasteiger partial charge in [0.25, 0.3) is 0 Å². The summed E-state index contributed by atoms with van der Waals surface area (Å²) in [4.78, 5) is 0. The molecule has 2 unspecified atom stereocenters. The number of nitrogens with zero attached hydrogens (tertiary/aromatic N) is 1.